The molecule has 0 unspecified atom stereocenters. The number of aryl methyl sites for hydroxylation is 2. The molecule has 7 nitrogen and oxygen atoms in total. The lowest BCUT2D eigenvalue weighted by Crippen LogP contribution is -2.50. The molecule has 33 heavy (non-hydrogen) atoms. The molecule has 2 aromatic rings. The molecule has 0 spiro atoms. The summed E-state index contributed by atoms with van der Waals surface area (Å²) in [6.07, 6.45) is 3.24. The molecule has 0 bridgehead atoms. The lowest BCUT2D eigenvalue weighted by Gasteiger charge is -2.33. The first-order valence-corrected chi connectivity index (χ1v) is 11.2. The third-order valence-corrected chi connectivity index (χ3v) is 5.95. The summed E-state index contributed by atoms with van der Waals surface area (Å²) < 4.78 is 10.5. The molecule has 0 aliphatic carbocycles. The van der Waals surface area contributed by atoms with Gasteiger partial charge in [-0.05, 0) is 48.7 Å². The highest BCUT2D eigenvalue weighted by molar-refractivity contribution is 6.32. The third kappa shape index (κ3) is 6.27. The predicted molar refractivity (Wildman–Crippen MR) is 131 cm³/mol. The maximum atomic E-state index is 12.6. The maximum Gasteiger partial charge on any atom is 0.246 e. The van der Waals surface area contributed by atoms with Crippen LogP contribution in [0.25, 0.3) is 6.08 Å². The number of carbonyl (C=O) groups is 2. The molecule has 176 valence electrons. The first-order valence-electron chi connectivity index (χ1n) is 10.8. The van der Waals surface area contributed by atoms with E-state index in [0.717, 1.165) is 22.4 Å². The number of amides is 2. The molecular formula is C25H30ClN3O4. The number of hydrogen-bond acceptors (Lipinski definition) is 5. The Hall–Kier alpha value is -3.03. The van der Waals surface area contributed by atoms with Crippen LogP contribution in [0.15, 0.2) is 36.4 Å². The van der Waals surface area contributed by atoms with Crippen molar-refractivity contribution in [2.24, 2.45) is 0 Å². The van der Waals surface area contributed by atoms with E-state index in [0.29, 0.717) is 49.2 Å². The molecule has 1 fully saturated rings. The normalized spacial score (nSPS) is 14.4. The molecule has 0 radical (unpaired) electrons. The topological polar surface area (TPSA) is 71.1 Å². The predicted octanol–water partition coefficient (Wildman–Crippen LogP) is 3.77. The average Bonchev–Trinajstić information content (AvgIpc) is 2.80. The van der Waals surface area contributed by atoms with E-state index < -0.39 is 0 Å². The minimum absolute atomic E-state index is 0.0441. The summed E-state index contributed by atoms with van der Waals surface area (Å²) in [5, 5.41) is 3.43. The molecule has 3 rings (SSSR count). The fourth-order valence-electron chi connectivity index (χ4n) is 3.83. The van der Waals surface area contributed by atoms with Crippen molar-refractivity contribution in [1.29, 1.82) is 0 Å². The molecule has 1 N–H and O–H groups in total. The second-order valence-electron chi connectivity index (χ2n) is 7.99. The SMILES string of the molecule is COc1cc(/C=C/C(=O)N2CCN(CC(=O)Nc3c(C)cccc3C)CC2)cc(Cl)c1OC. The summed E-state index contributed by atoms with van der Waals surface area (Å²) in [5.41, 5.74) is 3.70. The zero-order chi connectivity index (χ0) is 24.0. The lowest BCUT2D eigenvalue weighted by molar-refractivity contribution is -0.127. The van der Waals surface area contributed by atoms with Crippen LogP contribution in [-0.2, 0) is 9.59 Å². The molecule has 2 aromatic carbocycles. The van der Waals surface area contributed by atoms with Gasteiger partial charge in [0.25, 0.3) is 0 Å². The van der Waals surface area contributed by atoms with Crippen molar-refractivity contribution < 1.29 is 19.1 Å². The van der Waals surface area contributed by atoms with Crippen molar-refractivity contribution in [2.45, 2.75) is 13.8 Å². The molecule has 1 aliphatic rings. The van der Waals surface area contributed by atoms with Gasteiger partial charge in [0.05, 0.1) is 25.8 Å². The Morgan fingerprint density at radius 3 is 2.33 bits per heavy atom. The van der Waals surface area contributed by atoms with Crippen LogP contribution in [-0.4, -0.2) is 68.6 Å². The van der Waals surface area contributed by atoms with Crippen molar-refractivity contribution in [1.82, 2.24) is 9.80 Å². The van der Waals surface area contributed by atoms with Crippen molar-refractivity contribution in [3.05, 3.63) is 58.1 Å². The number of ether oxygens (including phenoxy) is 2. The number of methoxy groups -OCH3 is 2. The molecule has 1 heterocycles. The van der Waals surface area contributed by atoms with Gasteiger partial charge in [-0.25, -0.2) is 0 Å². The van der Waals surface area contributed by atoms with Gasteiger partial charge in [0.15, 0.2) is 11.5 Å². The van der Waals surface area contributed by atoms with Gasteiger partial charge in [-0.15, -0.1) is 0 Å². The van der Waals surface area contributed by atoms with Crippen molar-refractivity contribution in [2.75, 3.05) is 52.3 Å². The fraction of sp³-hybridized carbons (Fsp3) is 0.360. The number of halogens is 1. The summed E-state index contributed by atoms with van der Waals surface area (Å²) in [7, 11) is 3.06. The zero-order valence-corrected chi connectivity index (χ0v) is 20.2. The minimum atomic E-state index is -0.0828. The molecular weight excluding hydrogens is 442 g/mol. The minimum Gasteiger partial charge on any atom is -0.493 e. The van der Waals surface area contributed by atoms with E-state index in [1.807, 2.05) is 32.0 Å². The molecule has 2 amide bonds. The number of nitrogens with zero attached hydrogens (tertiary/aromatic N) is 2. The number of para-hydroxylation sites is 1. The molecule has 1 saturated heterocycles. The number of rotatable bonds is 7. The summed E-state index contributed by atoms with van der Waals surface area (Å²) >= 11 is 6.23. The van der Waals surface area contributed by atoms with Gasteiger partial charge in [-0.3, -0.25) is 14.5 Å². The largest absolute Gasteiger partial charge is 0.493 e. The Morgan fingerprint density at radius 2 is 1.73 bits per heavy atom. The van der Waals surface area contributed by atoms with Gasteiger partial charge < -0.3 is 19.7 Å². The van der Waals surface area contributed by atoms with Crippen molar-refractivity contribution >= 4 is 35.2 Å². The Kier molecular flexibility index (Phi) is 8.36. The van der Waals surface area contributed by atoms with Crippen LogP contribution in [0, 0.1) is 13.8 Å². The van der Waals surface area contributed by atoms with Gasteiger partial charge >= 0.3 is 0 Å². The van der Waals surface area contributed by atoms with Crippen molar-refractivity contribution in [3.63, 3.8) is 0 Å². The lowest BCUT2D eigenvalue weighted by atomic mass is 10.1. The van der Waals surface area contributed by atoms with Crippen LogP contribution >= 0.6 is 11.6 Å². The summed E-state index contributed by atoms with van der Waals surface area (Å²) in [4.78, 5) is 29.0. The molecule has 0 aromatic heterocycles. The van der Waals surface area contributed by atoms with Crippen LogP contribution in [0.3, 0.4) is 0 Å². The van der Waals surface area contributed by atoms with Gasteiger partial charge in [0.1, 0.15) is 0 Å². The van der Waals surface area contributed by atoms with Crippen LogP contribution in [0.2, 0.25) is 5.02 Å². The van der Waals surface area contributed by atoms with E-state index in [2.05, 4.69) is 10.2 Å². The van der Waals surface area contributed by atoms with E-state index in [4.69, 9.17) is 21.1 Å². The number of hydrogen-bond donors (Lipinski definition) is 1. The van der Waals surface area contributed by atoms with Gasteiger partial charge in [0.2, 0.25) is 11.8 Å². The highest BCUT2D eigenvalue weighted by Crippen LogP contribution is 2.36. The summed E-state index contributed by atoms with van der Waals surface area (Å²) in [5.74, 6) is 0.836. The Balaban J connectivity index is 1.52. The average molecular weight is 472 g/mol. The third-order valence-electron chi connectivity index (χ3n) is 5.67. The first kappa shape index (κ1) is 24.6. The van der Waals surface area contributed by atoms with Crippen LogP contribution in [0.4, 0.5) is 5.69 Å². The van der Waals surface area contributed by atoms with Crippen LogP contribution in [0.1, 0.15) is 16.7 Å². The van der Waals surface area contributed by atoms with Gasteiger partial charge in [0, 0.05) is 37.9 Å². The van der Waals surface area contributed by atoms with Gasteiger partial charge in [-0.2, -0.15) is 0 Å². The Morgan fingerprint density at radius 1 is 1.06 bits per heavy atom. The number of nitrogens with one attached hydrogen (secondary N) is 1. The van der Waals surface area contributed by atoms with Crippen LogP contribution < -0.4 is 14.8 Å². The highest BCUT2D eigenvalue weighted by atomic mass is 35.5. The summed E-state index contributed by atoms with van der Waals surface area (Å²) in [6.45, 7) is 6.67. The van der Waals surface area contributed by atoms with E-state index in [-0.39, 0.29) is 11.8 Å². The monoisotopic (exact) mass is 471 g/mol. The molecule has 0 saturated carbocycles. The number of anilines is 1. The fourth-order valence-corrected chi connectivity index (χ4v) is 4.12. The second kappa shape index (κ2) is 11.2. The van der Waals surface area contributed by atoms with E-state index in [1.54, 1.807) is 23.1 Å². The Labute approximate surface area is 199 Å². The van der Waals surface area contributed by atoms with Crippen LogP contribution in [0.5, 0.6) is 11.5 Å². The molecule has 8 heteroatoms. The maximum absolute atomic E-state index is 12.6. The van der Waals surface area contributed by atoms with E-state index in [9.17, 15) is 9.59 Å². The van der Waals surface area contributed by atoms with Crippen molar-refractivity contribution in [3.8, 4) is 11.5 Å². The van der Waals surface area contributed by atoms with E-state index >= 15 is 0 Å². The number of benzene rings is 2. The molecule has 0 atom stereocenters. The summed E-state index contributed by atoms with van der Waals surface area (Å²) in [6, 6.07) is 9.43. The number of piperazine rings is 1. The smallest absolute Gasteiger partial charge is 0.246 e. The Bertz CT molecular complexity index is 1030. The quantitative estimate of drug-likeness (QED) is 0.622. The van der Waals surface area contributed by atoms with Gasteiger partial charge in [-0.1, -0.05) is 29.8 Å². The van der Waals surface area contributed by atoms with E-state index in [1.165, 1.54) is 20.3 Å². The molecule has 1 aliphatic heterocycles. The first-order chi connectivity index (χ1) is 15.8. The zero-order valence-electron chi connectivity index (χ0n) is 19.5. The second-order valence-corrected chi connectivity index (χ2v) is 8.40. The highest BCUT2D eigenvalue weighted by Gasteiger charge is 2.21. The standard InChI is InChI=1S/C25H30ClN3O4/c1-17-6-5-7-18(2)24(17)27-22(30)16-28-10-12-29(13-11-28)23(31)9-8-19-14-20(26)25(33-4)21(15-19)32-3/h5-9,14-15H,10-13,16H2,1-4H3,(H,27,30)/b9-8+. The number of carbonyl (C=O) groups excluding carboxylic acids is 2.